The summed E-state index contributed by atoms with van der Waals surface area (Å²) in [5.41, 5.74) is 2.46. The molecular weight excluding hydrogens is 427 g/mol. The highest BCUT2D eigenvalue weighted by molar-refractivity contribution is 5.99. The van der Waals surface area contributed by atoms with E-state index in [1.54, 1.807) is 12.1 Å². The number of hydrogen-bond donors (Lipinski definition) is 2. The van der Waals surface area contributed by atoms with Crippen molar-refractivity contribution in [2.45, 2.75) is 96.6 Å². The van der Waals surface area contributed by atoms with Gasteiger partial charge in [0.05, 0.1) is 0 Å². The summed E-state index contributed by atoms with van der Waals surface area (Å²) in [5.74, 6) is -0.693. The molecule has 4 nitrogen and oxygen atoms in total. The van der Waals surface area contributed by atoms with Crippen LogP contribution in [0.1, 0.15) is 101 Å². The maximum absolute atomic E-state index is 13.6. The van der Waals surface area contributed by atoms with E-state index >= 15 is 0 Å². The van der Waals surface area contributed by atoms with E-state index in [4.69, 9.17) is 0 Å². The first-order valence-corrected chi connectivity index (χ1v) is 12.3. The largest absolute Gasteiger partial charge is 0.350 e. The molecule has 0 radical (unpaired) electrons. The molecule has 3 rings (SSSR count). The van der Waals surface area contributed by atoms with E-state index in [2.05, 4.69) is 58.2 Å². The number of rotatable bonds is 5. The normalized spacial score (nSPS) is 16.1. The van der Waals surface area contributed by atoms with Crippen molar-refractivity contribution in [1.29, 1.82) is 0 Å². The lowest BCUT2D eigenvalue weighted by molar-refractivity contribution is -0.128. The van der Waals surface area contributed by atoms with Crippen molar-refractivity contribution in [1.82, 2.24) is 10.6 Å². The van der Waals surface area contributed by atoms with Crippen molar-refractivity contribution in [3.05, 3.63) is 70.5 Å². The molecule has 0 aromatic heterocycles. The standard InChI is InChI=1S/C29H39FN2O2/c1-27(2,3)22-16-21(17-23(18-22)28(4,5)6)25(33)32-29(14-8-7-9-15-29)26(34)31-19-20-10-12-24(30)13-11-20/h10-13,16-18H,7-9,14-15,19H2,1-6H3,(H,31,34)(H,32,33). The summed E-state index contributed by atoms with van der Waals surface area (Å²) in [6.07, 6.45) is 4.05. The first-order valence-electron chi connectivity index (χ1n) is 12.3. The Labute approximate surface area is 203 Å². The quantitative estimate of drug-likeness (QED) is 0.554. The van der Waals surface area contributed by atoms with Gasteiger partial charge in [-0.15, -0.1) is 0 Å². The van der Waals surface area contributed by atoms with Crippen LogP contribution in [-0.4, -0.2) is 17.4 Å². The summed E-state index contributed by atoms with van der Waals surface area (Å²) in [5, 5.41) is 6.12. The Bertz CT molecular complexity index is 991. The molecule has 0 aliphatic heterocycles. The Morgan fingerprint density at radius 1 is 0.853 bits per heavy atom. The van der Waals surface area contributed by atoms with Crippen LogP contribution in [0.4, 0.5) is 4.39 Å². The van der Waals surface area contributed by atoms with Gasteiger partial charge in [0.15, 0.2) is 0 Å². The van der Waals surface area contributed by atoms with E-state index in [9.17, 15) is 14.0 Å². The van der Waals surface area contributed by atoms with E-state index in [0.717, 1.165) is 36.0 Å². The van der Waals surface area contributed by atoms with Crippen LogP contribution in [0.3, 0.4) is 0 Å². The number of nitrogens with one attached hydrogen (secondary N) is 2. The lowest BCUT2D eigenvalue weighted by Gasteiger charge is -2.37. The third kappa shape index (κ3) is 6.25. The summed E-state index contributed by atoms with van der Waals surface area (Å²) >= 11 is 0. The molecule has 2 aromatic carbocycles. The van der Waals surface area contributed by atoms with Crippen molar-refractivity contribution in [3.63, 3.8) is 0 Å². The molecule has 1 saturated carbocycles. The summed E-state index contributed by atoms with van der Waals surface area (Å²) in [6.45, 7) is 13.1. The predicted octanol–water partition coefficient (Wildman–Crippen LogP) is 6.17. The lowest BCUT2D eigenvalue weighted by Crippen LogP contribution is -2.59. The van der Waals surface area contributed by atoms with Crippen molar-refractivity contribution < 1.29 is 14.0 Å². The van der Waals surface area contributed by atoms with Gasteiger partial charge in [0.25, 0.3) is 5.91 Å². The van der Waals surface area contributed by atoms with Crippen molar-refractivity contribution in [3.8, 4) is 0 Å². The lowest BCUT2D eigenvalue weighted by atomic mass is 9.78. The smallest absolute Gasteiger partial charge is 0.252 e. The number of benzene rings is 2. The van der Waals surface area contributed by atoms with Crippen molar-refractivity contribution in [2.24, 2.45) is 0 Å². The van der Waals surface area contributed by atoms with Crippen molar-refractivity contribution >= 4 is 11.8 Å². The average molecular weight is 467 g/mol. The van der Waals surface area contributed by atoms with Gasteiger partial charge in [-0.25, -0.2) is 4.39 Å². The third-order valence-corrected chi connectivity index (χ3v) is 6.79. The molecule has 0 atom stereocenters. The Kier molecular flexibility index (Phi) is 7.54. The predicted molar refractivity (Wildman–Crippen MR) is 135 cm³/mol. The van der Waals surface area contributed by atoms with Gasteiger partial charge < -0.3 is 10.6 Å². The average Bonchev–Trinajstić information content (AvgIpc) is 2.77. The topological polar surface area (TPSA) is 58.2 Å². The van der Waals surface area contributed by atoms with Gasteiger partial charge >= 0.3 is 0 Å². The highest BCUT2D eigenvalue weighted by Crippen LogP contribution is 2.32. The molecule has 0 bridgehead atoms. The fraction of sp³-hybridized carbons (Fsp3) is 0.517. The van der Waals surface area contributed by atoms with Crippen LogP contribution in [0.15, 0.2) is 42.5 Å². The number of halogens is 1. The van der Waals surface area contributed by atoms with Gasteiger partial charge in [-0.1, -0.05) is 79.0 Å². The Hall–Kier alpha value is -2.69. The summed E-state index contributed by atoms with van der Waals surface area (Å²) < 4.78 is 13.2. The number of hydrogen-bond acceptors (Lipinski definition) is 2. The van der Waals surface area contributed by atoms with Gasteiger partial charge in [-0.2, -0.15) is 0 Å². The molecule has 0 saturated heterocycles. The van der Waals surface area contributed by atoms with Gasteiger partial charge in [0.2, 0.25) is 5.91 Å². The molecule has 5 heteroatoms. The second-order valence-electron chi connectivity index (χ2n) is 11.7. The van der Waals surface area contributed by atoms with Crippen LogP contribution in [0.5, 0.6) is 0 Å². The van der Waals surface area contributed by atoms with Gasteiger partial charge in [-0.3, -0.25) is 9.59 Å². The minimum Gasteiger partial charge on any atom is -0.350 e. The first kappa shape index (κ1) is 25.9. The molecule has 2 aromatic rings. The zero-order chi connectivity index (χ0) is 25.1. The van der Waals surface area contributed by atoms with Crippen LogP contribution < -0.4 is 10.6 Å². The zero-order valence-corrected chi connectivity index (χ0v) is 21.5. The molecule has 1 fully saturated rings. The SMILES string of the molecule is CC(C)(C)c1cc(C(=O)NC2(C(=O)NCc3ccc(F)cc3)CCCCC2)cc(C(C)(C)C)c1. The van der Waals surface area contributed by atoms with Crippen LogP contribution >= 0.6 is 0 Å². The Morgan fingerprint density at radius 2 is 1.38 bits per heavy atom. The molecule has 2 N–H and O–H groups in total. The van der Waals surface area contributed by atoms with E-state index in [1.807, 2.05) is 12.1 Å². The monoisotopic (exact) mass is 466 g/mol. The van der Waals surface area contributed by atoms with Crippen LogP contribution in [0, 0.1) is 5.82 Å². The fourth-order valence-electron chi connectivity index (χ4n) is 4.43. The maximum Gasteiger partial charge on any atom is 0.252 e. The highest BCUT2D eigenvalue weighted by Gasteiger charge is 2.41. The number of carbonyl (C=O) groups is 2. The highest BCUT2D eigenvalue weighted by atomic mass is 19.1. The third-order valence-electron chi connectivity index (χ3n) is 6.79. The molecule has 34 heavy (non-hydrogen) atoms. The Balaban J connectivity index is 1.86. The first-order chi connectivity index (χ1) is 15.8. The number of carbonyl (C=O) groups excluding carboxylic acids is 2. The molecule has 0 unspecified atom stereocenters. The molecule has 2 amide bonds. The van der Waals surface area contributed by atoms with Crippen LogP contribution in [0.2, 0.25) is 0 Å². The van der Waals surface area contributed by atoms with Crippen LogP contribution in [-0.2, 0) is 22.2 Å². The van der Waals surface area contributed by atoms with E-state index < -0.39 is 5.54 Å². The minimum absolute atomic E-state index is 0.106. The van der Waals surface area contributed by atoms with Gasteiger partial charge in [-0.05, 0) is 64.6 Å². The fourth-order valence-corrected chi connectivity index (χ4v) is 4.43. The molecule has 184 valence electrons. The minimum atomic E-state index is -0.936. The zero-order valence-electron chi connectivity index (χ0n) is 21.5. The van der Waals surface area contributed by atoms with Gasteiger partial charge in [0, 0.05) is 12.1 Å². The molecule has 0 spiro atoms. The molecule has 1 aliphatic carbocycles. The number of amides is 2. The summed E-state index contributed by atoms with van der Waals surface area (Å²) in [4.78, 5) is 26.9. The second-order valence-corrected chi connectivity index (χ2v) is 11.7. The maximum atomic E-state index is 13.6. The molecule has 0 heterocycles. The summed E-state index contributed by atoms with van der Waals surface area (Å²) in [7, 11) is 0. The second kappa shape index (κ2) is 9.89. The van der Waals surface area contributed by atoms with Crippen LogP contribution in [0.25, 0.3) is 0 Å². The Morgan fingerprint density at radius 3 is 1.88 bits per heavy atom. The van der Waals surface area contributed by atoms with Gasteiger partial charge in [0.1, 0.15) is 11.4 Å². The van der Waals surface area contributed by atoms with E-state index in [0.29, 0.717) is 24.9 Å². The van der Waals surface area contributed by atoms with E-state index in [1.165, 1.54) is 12.1 Å². The molecular formula is C29H39FN2O2. The van der Waals surface area contributed by atoms with E-state index in [-0.39, 0.29) is 28.5 Å². The van der Waals surface area contributed by atoms with Crippen molar-refractivity contribution in [2.75, 3.05) is 0 Å². The summed E-state index contributed by atoms with van der Waals surface area (Å²) in [6, 6.07) is 12.2. The molecule has 1 aliphatic rings.